The molecule has 0 aliphatic rings. The lowest BCUT2D eigenvalue weighted by Crippen LogP contribution is -1.85. The minimum Gasteiger partial charge on any atom is -0.295 e. The molecule has 1 aromatic carbocycles. The molecule has 0 aliphatic heterocycles. The third kappa shape index (κ3) is 5.99. The predicted molar refractivity (Wildman–Crippen MR) is 69.7 cm³/mol. The number of ketones is 1. The third-order valence-electron chi connectivity index (χ3n) is 1.68. The van der Waals surface area contributed by atoms with Crippen LogP contribution in [0.2, 0.25) is 0 Å². The monoisotopic (exact) mass is 229 g/mol. The molecule has 0 saturated heterocycles. The molecule has 0 atom stereocenters. The second kappa shape index (κ2) is 8.97. The third-order valence-corrected chi connectivity index (χ3v) is 1.68. The Morgan fingerprint density at radius 1 is 1.18 bits per heavy atom. The number of pyridine rings is 1. The van der Waals surface area contributed by atoms with E-state index >= 15 is 0 Å². The summed E-state index contributed by atoms with van der Waals surface area (Å²) in [5, 5.41) is 1.20. The number of nitrogens with zero attached hydrogens (tertiary/aromatic N) is 1. The molecule has 0 aliphatic carbocycles. The van der Waals surface area contributed by atoms with Crippen molar-refractivity contribution >= 4 is 23.0 Å². The standard InChI is InChI=1S/C9H7N.C3H4O2.C2H4/c1-2-6-9-8(4-1)5-3-7-10-9;1-3(5)2-4;1-2/h1-7H;2H,1H3;1-2H2. The van der Waals surface area contributed by atoms with Crippen LogP contribution in [0.1, 0.15) is 6.92 Å². The summed E-state index contributed by atoms with van der Waals surface area (Å²) in [6.45, 7) is 7.22. The van der Waals surface area contributed by atoms with Crippen molar-refractivity contribution < 1.29 is 9.59 Å². The molecular formula is C14H15NO2. The van der Waals surface area contributed by atoms with Gasteiger partial charge in [-0.3, -0.25) is 14.6 Å². The summed E-state index contributed by atoms with van der Waals surface area (Å²) in [6.07, 6.45) is 2.09. The number of carbonyl (C=O) groups excluding carboxylic acids is 2. The Kier molecular flexibility index (Phi) is 7.76. The quantitative estimate of drug-likeness (QED) is 0.429. The molecular weight excluding hydrogens is 214 g/mol. The fourth-order valence-electron chi connectivity index (χ4n) is 1.02. The van der Waals surface area contributed by atoms with Crippen LogP contribution < -0.4 is 0 Å². The molecule has 0 saturated carbocycles. The van der Waals surface area contributed by atoms with E-state index in [1.165, 1.54) is 12.3 Å². The lowest BCUT2D eigenvalue weighted by atomic mass is 10.2. The summed E-state index contributed by atoms with van der Waals surface area (Å²) in [5.41, 5.74) is 1.06. The van der Waals surface area contributed by atoms with Crippen molar-refractivity contribution in [3.05, 3.63) is 55.8 Å². The van der Waals surface area contributed by atoms with Crippen LogP contribution in [0.25, 0.3) is 10.9 Å². The maximum Gasteiger partial charge on any atom is 0.192 e. The molecule has 2 aromatic rings. The Hall–Kier alpha value is -2.29. The van der Waals surface area contributed by atoms with E-state index in [9.17, 15) is 4.79 Å². The van der Waals surface area contributed by atoms with E-state index in [1.54, 1.807) is 0 Å². The molecule has 0 fully saturated rings. The lowest BCUT2D eigenvalue weighted by Gasteiger charge is -1.91. The van der Waals surface area contributed by atoms with Gasteiger partial charge in [-0.1, -0.05) is 24.3 Å². The second-order valence-electron chi connectivity index (χ2n) is 2.92. The number of aldehydes is 1. The summed E-state index contributed by atoms with van der Waals surface area (Å²) in [5.74, 6) is -0.426. The highest BCUT2D eigenvalue weighted by Gasteiger charge is 1.86. The molecule has 0 unspecified atom stereocenters. The second-order valence-corrected chi connectivity index (χ2v) is 2.92. The summed E-state index contributed by atoms with van der Waals surface area (Å²) in [4.78, 5) is 22.8. The maximum atomic E-state index is 9.44. The van der Waals surface area contributed by atoms with Crippen LogP contribution in [0.5, 0.6) is 0 Å². The molecule has 3 heteroatoms. The average Bonchev–Trinajstić information content (AvgIpc) is 2.42. The van der Waals surface area contributed by atoms with E-state index in [-0.39, 0.29) is 6.29 Å². The van der Waals surface area contributed by atoms with Gasteiger partial charge in [-0.15, -0.1) is 13.2 Å². The van der Waals surface area contributed by atoms with Gasteiger partial charge in [0.1, 0.15) is 0 Å². The first-order chi connectivity index (χ1) is 8.24. The van der Waals surface area contributed by atoms with Crippen molar-refractivity contribution in [1.82, 2.24) is 4.98 Å². The van der Waals surface area contributed by atoms with Gasteiger partial charge in [0.15, 0.2) is 12.1 Å². The van der Waals surface area contributed by atoms with Gasteiger partial charge in [0.2, 0.25) is 0 Å². The predicted octanol–water partition coefficient (Wildman–Crippen LogP) is 2.81. The maximum absolute atomic E-state index is 9.44. The smallest absolute Gasteiger partial charge is 0.192 e. The van der Waals surface area contributed by atoms with Crippen LogP contribution in [0.3, 0.4) is 0 Å². The zero-order valence-electron chi connectivity index (χ0n) is 9.80. The summed E-state index contributed by atoms with van der Waals surface area (Å²) < 4.78 is 0. The topological polar surface area (TPSA) is 47.0 Å². The highest BCUT2D eigenvalue weighted by molar-refractivity contribution is 6.23. The van der Waals surface area contributed by atoms with Gasteiger partial charge in [0.25, 0.3) is 0 Å². The molecule has 88 valence electrons. The SMILES string of the molecule is C=C.CC(=O)C=O.c1ccc2ncccc2c1. The molecule has 1 aromatic heterocycles. The van der Waals surface area contributed by atoms with Gasteiger partial charge >= 0.3 is 0 Å². The number of hydrogen-bond acceptors (Lipinski definition) is 3. The highest BCUT2D eigenvalue weighted by Crippen LogP contribution is 2.07. The number of carbonyl (C=O) groups is 2. The van der Waals surface area contributed by atoms with E-state index in [2.05, 4.69) is 30.3 Å². The molecule has 0 bridgehead atoms. The summed E-state index contributed by atoms with van der Waals surface area (Å²) >= 11 is 0. The van der Waals surface area contributed by atoms with E-state index < -0.39 is 5.78 Å². The Morgan fingerprint density at radius 2 is 1.71 bits per heavy atom. The summed E-state index contributed by atoms with van der Waals surface area (Å²) in [7, 11) is 0. The Morgan fingerprint density at radius 3 is 2.24 bits per heavy atom. The number of Topliss-reactive ketones (excluding diaryl/α,β-unsaturated/α-hetero) is 1. The fraction of sp³-hybridized carbons (Fsp3) is 0.0714. The van der Waals surface area contributed by atoms with Gasteiger partial charge in [-0.25, -0.2) is 0 Å². The van der Waals surface area contributed by atoms with Gasteiger partial charge in [-0.2, -0.15) is 0 Å². The zero-order chi connectivity index (χ0) is 13.1. The van der Waals surface area contributed by atoms with Crippen molar-refractivity contribution in [1.29, 1.82) is 0 Å². The van der Waals surface area contributed by atoms with Crippen LogP contribution in [0, 0.1) is 0 Å². The highest BCUT2D eigenvalue weighted by atomic mass is 16.2. The molecule has 3 nitrogen and oxygen atoms in total. The molecule has 2 rings (SSSR count). The van der Waals surface area contributed by atoms with E-state index in [1.807, 2.05) is 30.5 Å². The Balaban J connectivity index is 0.000000315. The molecule has 0 N–H and O–H groups in total. The minimum atomic E-state index is -0.426. The van der Waals surface area contributed by atoms with Crippen molar-refractivity contribution in [3.63, 3.8) is 0 Å². The van der Waals surface area contributed by atoms with Crippen molar-refractivity contribution in [2.24, 2.45) is 0 Å². The Bertz CT molecular complexity index is 415. The normalized spacial score (nSPS) is 8.06. The molecule has 0 spiro atoms. The zero-order valence-corrected chi connectivity index (χ0v) is 9.80. The van der Waals surface area contributed by atoms with E-state index in [4.69, 9.17) is 4.79 Å². The molecule has 0 amide bonds. The van der Waals surface area contributed by atoms with Crippen LogP contribution in [0.4, 0.5) is 0 Å². The molecule has 0 radical (unpaired) electrons. The first-order valence-corrected chi connectivity index (χ1v) is 4.99. The van der Waals surface area contributed by atoms with Crippen molar-refractivity contribution in [3.8, 4) is 0 Å². The van der Waals surface area contributed by atoms with Crippen LogP contribution >= 0.6 is 0 Å². The van der Waals surface area contributed by atoms with Crippen molar-refractivity contribution in [2.75, 3.05) is 0 Å². The number of aromatic nitrogens is 1. The largest absolute Gasteiger partial charge is 0.295 e. The molecule has 1 heterocycles. The van der Waals surface area contributed by atoms with E-state index in [0.717, 1.165) is 5.52 Å². The average molecular weight is 229 g/mol. The van der Waals surface area contributed by atoms with Gasteiger partial charge in [0.05, 0.1) is 5.52 Å². The number of para-hydroxylation sites is 1. The van der Waals surface area contributed by atoms with Gasteiger partial charge < -0.3 is 0 Å². The minimum absolute atomic E-state index is 0.278. The first kappa shape index (κ1) is 14.7. The van der Waals surface area contributed by atoms with Crippen molar-refractivity contribution in [2.45, 2.75) is 6.92 Å². The number of rotatable bonds is 1. The van der Waals surface area contributed by atoms with Gasteiger partial charge in [0, 0.05) is 18.5 Å². The van der Waals surface area contributed by atoms with E-state index in [0.29, 0.717) is 0 Å². The summed E-state index contributed by atoms with van der Waals surface area (Å²) in [6, 6.07) is 12.1. The molecule has 17 heavy (non-hydrogen) atoms. The Labute approximate surface area is 101 Å². The van der Waals surface area contributed by atoms with Crippen LogP contribution in [0.15, 0.2) is 55.8 Å². The van der Waals surface area contributed by atoms with Gasteiger partial charge in [-0.05, 0) is 12.1 Å². The van der Waals surface area contributed by atoms with Crippen LogP contribution in [-0.4, -0.2) is 17.1 Å². The number of hydrogen-bond donors (Lipinski definition) is 0. The fourth-order valence-corrected chi connectivity index (χ4v) is 1.02. The number of benzene rings is 1. The van der Waals surface area contributed by atoms with Crippen LogP contribution in [-0.2, 0) is 9.59 Å². The first-order valence-electron chi connectivity index (χ1n) is 4.99. The number of fused-ring (bicyclic) bond motifs is 1. The lowest BCUT2D eigenvalue weighted by molar-refractivity contribution is -0.128.